The van der Waals surface area contributed by atoms with Gasteiger partial charge in [-0.05, 0) is 55.3 Å². The summed E-state index contributed by atoms with van der Waals surface area (Å²) in [6.45, 7) is 3.93. The van der Waals surface area contributed by atoms with Crippen LogP contribution in [0, 0.1) is 17.0 Å². The van der Waals surface area contributed by atoms with Gasteiger partial charge >= 0.3 is 0 Å². The van der Waals surface area contributed by atoms with Crippen molar-refractivity contribution < 1.29 is 14.4 Å². The number of non-ortho nitro benzene ring substituents is 1. The molecule has 0 fully saturated rings. The maximum atomic E-state index is 13.0. The summed E-state index contributed by atoms with van der Waals surface area (Å²) in [5.74, 6) is 1.10. The van der Waals surface area contributed by atoms with E-state index in [1.165, 1.54) is 23.0 Å². The second-order valence-corrected chi connectivity index (χ2v) is 8.98. The molecule has 0 aliphatic rings. The maximum Gasteiger partial charge on any atom is 0.282 e. The van der Waals surface area contributed by atoms with Crippen molar-refractivity contribution in [1.29, 1.82) is 0 Å². The fraction of sp³-hybridized carbons (Fsp3) is 0.160. The summed E-state index contributed by atoms with van der Waals surface area (Å²) in [5, 5.41) is 16.1. The standard InChI is InChI=1S/C25H20BrClN4O5/c1-3-35-23-11-17(10-21(27)24(23)36-14-16-5-4-6-19(9-16)31(33)34)13-28-30-15(2)29-22-8-7-18(26)12-20(22)25(30)32/h4-13H,3,14H2,1-2H3. The molecule has 36 heavy (non-hydrogen) atoms. The van der Waals surface area contributed by atoms with Crippen molar-refractivity contribution in [2.24, 2.45) is 5.10 Å². The van der Waals surface area contributed by atoms with E-state index in [0.29, 0.717) is 46.0 Å². The molecule has 0 aliphatic heterocycles. The minimum atomic E-state index is -0.465. The molecule has 0 spiro atoms. The quantitative estimate of drug-likeness (QED) is 0.148. The molecule has 184 valence electrons. The Morgan fingerprint density at radius 2 is 2.00 bits per heavy atom. The highest BCUT2D eigenvalue weighted by Gasteiger charge is 2.14. The molecular formula is C25H20BrClN4O5. The van der Waals surface area contributed by atoms with Crippen LogP contribution in [0.25, 0.3) is 10.9 Å². The predicted octanol–water partition coefficient (Wildman–Crippen LogP) is 5.89. The summed E-state index contributed by atoms with van der Waals surface area (Å²) in [4.78, 5) is 28.0. The van der Waals surface area contributed by atoms with Gasteiger partial charge in [0.2, 0.25) is 0 Å². The number of ether oxygens (including phenoxy) is 2. The lowest BCUT2D eigenvalue weighted by atomic mass is 10.2. The van der Waals surface area contributed by atoms with E-state index in [1.54, 1.807) is 43.3 Å². The molecule has 0 saturated carbocycles. The highest BCUT2D eigenvalue weighted by atomic mass is 79.9. The summed E-state index contributed by atoms with van der Waals surface area (Å²) in [6.07, 6.45) is 1.48. The average molecular weight is 572 g/mol. The number of nitro groups is 1. The summed E-state index contributed by atoms with van der Waals surface area (Å²) in [7, 11) is 0. The highest BCUT2D eigenvalue weighted by Crippen LogP contribution is 2.37. The number of hydrogen-bond acceptors (Lipinski definition) is 7. The minimum absolute atomic E-state index is 0.0279. The van der Waals surface area contributed by atoms with E-state index in [0.717, 1.165) is 4.47 Å². The predicted molar refractivity (Wildman–Crippen MR) is 141 cm³/mol. The molecule has 0 radical (unpaired) electrons. The molecule has 4 rings (SSSR count). The molecule has 0 bridgehead atoms. The first-order valence-electron chi connectivity index (χ1n) is 10.8. The van der Waals surface area contributed by atoms with Crippen molar-refractivity contribution in [3.63, 3.8) is 0 Å². The van der Waals surface area contributed by atoms with E-state index in [-0.39, 0.29) is 22.9 Å². The van der Waals surface area contributed by atoms with Crippen LogP contribution in [0.15, 0.2) is 69.0 Å². The van der Waals surface area contributed by atoms with Crippen LogP contribution < -0.4 is 15.0 Å². The Bertz CT molecular complexity index is 1550. The van der Waals surface area contributed by atoms with Gasteiger partial charge in [0.15, 0.2) is 11.5 Å². The smallest absolute Gasteiger partial charge is 0.282 e. The van der Waals surface area contributed by atoms with Gasteiger partial charge in [0.1, 0.15) is 12.4 Å². The number of nitrogens with zero attached hydrogens (tertiary/aromatic N) is 4. The molecule has 4 aromatic rings. The van der Waals surface area contributed by atoms with Gasteiger partial charge in [-0.2, -0.15) is 9.78 Å². The normalized spacial score (nSPS) is 11.2. The van der Waals surface area contributed by atoms with Crippen LogP contribution in [0.5, 0.6) is 11.5 Å². The van der Waals surface area contributed by atoms with Crippen LogP contribution >= 0.6 is 27.5 Å². The fourth-order valence-corrected chi connectivity index (χ4v) is 4.14. The first-order valence-corrected chi connectivity index (χ1v) is 12.0. The number of halogens is 2. The second-order valence-electron chi connectivity index (χ2n) is 7.66. The van der Waals surface area contributed by atoms with Crippen molar-refractivity contribution >= 4 is 50.3 Å². The maximum absolute atomic E-state index is 13.0. The van der Waals surface area contributed by atoms with Gasteiger partial charge in [-0.15, -0.1) is 0 Å². The van der Waals surface area contributed by atoms with E-state index >= 15 is 0 Å². The molecule has 0 amide bonds. The topological polar surface area (TPSA) is 109 Å². The fourth-order valence-electron chi connectivity index (χ4n) is 3.50. The number of rotatable bonds is 8. The van der Waals surface area contributed by atoms with Gasteiger partial charge in [0, 0.05) is 16.6 Å². The SMILES string of the molecule is CCOc1cc(C=Nn2c(C)nc3ccc(Br)cc3c2=O)cc(Cl)c1OCc1cccc([N+](=O)[O-])c1. The summed E-state index contributed by atoms with van der Waals surface area (Å²) in [6, 6.07) is 14.8. The van der Waals surface area contributed by atoms with Gasteiger partial charge in [0.05, 0.1) is 33.7 Å². The van der Waals surface area contributed by atoms with E-state index in [9.17, 15) is 14.9 Å². The lowest BCUT2D eigenvalue weighted by Gasteiger charge is -2.14. The molecule has 1 aromatic heterocycles. The van der Waals surface area contributed by atoms with Crippen molar-refractivity contribution in [3.05, 3.63) is 102 Å². The Morgan fingerprint density at radius 3 is 2.75 bits per heavy atom. The molecule has 9 nitrogen and oxygen atoms in total. The molecule has 0 aliphatic carbocycles. The third-order valence-corrected chi connectivity index (χ3v) is 5.90. The monoisotopic (exact) mass is 570 g/mol. The zero-order valence-corrected chi connectivity index (χ0v) is 21.6. The Balaban J connectivity index is 1.64. The van der Waals surface area contributed by atoms with Crippen LogP contribution in [0.1, 0.15) is 23.9 Å². The van der Waals surface area contributed by atoms with Crippen molar-refractivity contribution in [2.45, 2.75) is 20.5 Å². The summed E-state index contributed by atoms with van der Waals surface area (Å²) < 4.78 is 13.6. The molecule has 0 saturated heterocycles. The third-order valence-electron chi connectivity index (χ3n) is 5.13. The Labute approximate surface area is 219 Å². The van der Waals surface area contributed by atoms with Crippen LogP contribution in [-0.4, -0.2) is 27.4 Å². The first kappa shape index (κ1) is 25.3. The number of hydrogen-bond donors (Lipinski definition) is 0. The minimum Gasteiger partial charge on any atom is -0.490 e. The van der Waals surface area contributed by atoms with Crippen LogP contribution in [0.3, 0.4) is 0 Å². The van der Waals surface area contributed by atoms with Gasteiger partial charge in [-0.1, -0.05) is 39.7 Å². The molecule has 0 unspecified atom stereocenters. The summed E-state index contributed by atoms with van der Waals surface area (Å²) >= 11 is 9.87. The van der Waals surface area contributed by atoms with Crippen molar-refractivity contribution in [1.82, 2.24) is 9.66 Å². The molecule has 0 atom stereocenters. The number of aromatic nitrogens is 2. The lowest BCUT2D eigenvalue weighted by Crippen LogP contribution is -2.20. The van der Waals surface area contributed by atoms with Gasteiger partial charge < -0.3 is 9.47 Å². The number of aryl methyl sites for hydroxylation is 1. The highest BCUT2D eigenvalue weighted by molar-refractivity contribution is 9.10. The van der Waals surface area contributed by atoms with Crippen molar-refractivity contribution in [3.8, 4) is 11.5 Å². The first-order chi connectivity index (χ1) is 17.3. The second kappa shape index (κ2) is 10.9. The van der Waals surface area contributed by atoms with E-state index in [4.69, 9.17) is 21.1 Å². The number of fused-ring (bicyclic) bond motifs is 1. The third kappa shape index (κ3) is 5.55. The Hall–Kier alpha value is -3.76. The number of benzene rings is 3. The Kier molecular flexibility index (Phi) is 7.66. The largest absolute Gasteiger partial charge is 0.490 e. The summed E-state index contributed by atoms with van der Waals surface area (Å²) in [5.41, 5.74) is 1.44. The zero-order valence-electron chi connectivity index (χ0n) is 19.3. The van der Waals surface area contributed by atoms with Gasteiger partial charge in [0.25, 0.3) is 11.2 Å². The molecule has 1 heterocycles. The van der Waals surface area contributed by atoms with E-state index in [2.05, 4.69) is 26.0 Å². The van der Waals surface area contributed by atoms with Gasteiger partial charge in [-0.3, -0.25) is 14.9 Å². The Morgan fingerprint density at radius 1 is 1.19 bits per heavy atom. The molecule has 3 aromatic carbocycles. The number of nitro benzene ring substituents is 1. The molecular weight excluding hydrogens is 552 g/mol. The molecule has 11 heteroatoms. The van der Waals surface area contributed by atoms with E-state index in [1.807, 2.05) is 13.0 Å². The van der Waals surface area contributed by atoms with Crippen LogP contribution in [-0.2, 0) is 6.61 Å². The zero-order chi connectivity index (χ0) is 25.8. The average Bonchev–Trinajstić information content (AvgIpc) is 2.84. The lowest BCUT2D eigenvalue weighted by molar-refractivity contribution is -0.384. The van der Waals surface area contributed by atoms with Crippen LogP contribution in [0.4, 0.5) is 5.69 Å². The van der Waals surface area contributed by atoms with Crippen LogP contribution in [0.2, 0.25) is 5.02 Å². The van der Waals surface area contributed by atoms with E-state index < -0.39 is 4.92 Å². The van der Waals surface area contributed by atoms with Crippen molar-refractivity contribution in [2.75, 3.05) is 6.61 Å². The van der Waals surface area contributed by atoms with Gasteiger partial charge in [-0.25, -0.2) is 4.98 Å². The molecule has 0 N–H and O–H groups in total.